The molecule has 0 bridgehead atoms. The Kier molecular flexibility index (Phi) is 2.76. The Morgan fingerprint density at radius 3 is 2.52 bits per heavy atom. The second-order valence-corrected chi connectivity index (χ2v) is 6.34. The van der Waals surface area contributed by atoms with Gasteiger partial charge in [-0.2, -0.15) is 9.13 Å². The van der Waals surface area contributed by atoms with E-state index in [1.165, 1.54) is 0 Å². The molecule has 0 aromatic carbocycles. The van der Waals surface area contributed by atoms with Crippen molar-refractivity contribution in [3.63, 3.8) is 0 Å². The van der Waals surface area contributed by atoms with Crippen LogP contribution in [0.4, 0.5) is 0 Å². The van der Waals surface area contributed by atoms with Gasteiger partial charge in [0.2, 0.25) is 11.5 Å². The summed E-state index contributed by atoms with van der Waals surface area (Å²) in [6.07, 6.45) is 3.98. The molecule has 0 aliphatic heterocycles. The SMILES string of the molecule is [2H]C([2H])([2H])c1nc2n(C)c(-c3cccc(-c4cccc[n+]4C)[n+]3C)cn2c1C. The Hall–Kier alpha value is -2.95. The largest absolute Gasteiger partial charge is 0.308 e. The monoisotopic (exact) mass is 336 g/mol. The lowest BCUT2D eigenvalue weighted by Crippen LogP contribution is -2.40. The van der Waals surface area contributed by atoms with Gasteiger partial charge in [0.25, 0.3) is 11.4 Å². The zero-order chi connectivity index (χ0) is 20.2. The maximum Gasteiger partial charge on any atom is 0.277 e. The van der Waals surface area contributed by atoms with Crippen LogP contribution in [0.1, 0.15) is 15.5 Å². The van der Waals surface area contributed by atoms with Gasteiger partial charge in [-0.15, -0.1) is 0 Å². The Morgan fingerprint density at radius 2 is 1.80 bits per heavy atom. The normalized spacial score (nSPS) is 13.7. The van der Waals surface area contributed by atoms with E-state index in [2.05, 4.69) is 32.3 Å². The molecular formula is C20H23N5+2. The van der Waals surface area contributed by atoms with Crippen molar-refractivity contribution in [1.29, 1.82) is 0 Å². The highest BCUT2D eigenvalue weighted by atomic mass is 15.2. The van der Waals surface area contributed by atoms with Gasteiger partial charge in [-0.05, 0) is 25.9 Å². The fourth-order valence-electron chi connectivity index (χ4n) is 3.33. The summed E-state index contributed by atoms with van der Waals surface area (Å²) >= 11 is 0. The van der Waals surface area contributed by atoms with Crippen molar-refractivity contribution in [1.82, 2.24) is 14.0 Å². The van der Waals surface area contributed by atoms with Gasteiger partial charge in [-0.3, -0.25) is 4.40 Å². The Bertz CT molecular complexity index is 1200. The molecule has 0 saturated carbocycles. The molecule has 0 N–H and O–H groups in total. The molecule has 0 fully saturated rings. The molecule has 4 aromatic heterocycles. The minimum Gasteiger partial charge on any atom is -0.308 e. The predicted molar refractivity (Wildman–Crippen MR) is 96.9 cm³/mol. The first kappa shape index (κ1) is 12.4. The van der Waals surface area contributed by atoms with Crippen LogP contribution in [0.15, 0.2) is 48.8 Å². The highest BCUT2D eigenvalue weighted by molar-refractivity contribution is 5.59. The summed E-state index contributed by atoms with van der Waals surface area (Å²) in [5.41, 5.74) is 4.96. The summed E-state index contributed by atoms with van der Waals surface area (Å²) in [5.74, 6) is 0.620. The van der Waals surface area contributed by atoms with E-state index in [1.807, 2.05) is 60.7 Å². The second-order valence-electron chi connectivity index (χ2n) is 6.34. The van der Waals surface area contributed by atoms with Crippen LogP contribution in [-0.2, 0) is 21.1 Å². The van der Waals surface area contributed by atoms with Crippen LogP contribution >= 0.6 is 0 Å². The minimum absolute atomic E-state index is 0.152. The number of aromatic nitrogens is 5. The number of rotatable bonds is 2. The Morgan fingerprint density at radius 1 is 1.04 bits per heavy atom. The minimum atomic E-state index is -2.22. The van der Waals surface area contributed by atoms with E-state index in [4.69, 9.17) is 4.11 Å². The molecule has 0 spiro atoms. The van der Waals surface area contributed by atoms with E-state index in [0.717, 1.165) is 22.8 Å². The maximum absolute atomic E-state index is 7.69. The van der Waals surface area contributed by atoms with Crippen LogP contribution in [-0.4, -0.2) is 14.0 Å². The molecule has 126 valence electrons. The number of aryl methyl sites for hydroxylation is 4. The van der Waals surface area contributed by atoms with Gasteiger partial charge >= 0.3 is 0 Å². The van der Waals surface area contributed by atoms with Crippen LogP contribution < -0.4 is 9.13 Å². The molecule has 4 rings (SSSR count). The summed E-state index contributed by atoms with van der Waals surface area (Å²) in [7, 11) is 5.97. The maximum atomic E-state index is 7.69. The second kappa shape index (κ2) is 5.55. The van der Waals surface area contributed by atoms with E-state index in [-0.39, 0.29) is 5.69 Å². The predicted octanol–water partition coefficient (Wildman–Crippen LogP) is 2.27. The zero-order valence-electron chi connectivity index (χ0n) is 17.9. The van der Waals surface area contributed by atoms with Gasteiger partial charge in [0, 0.05) is 47.3 Å². The van der Waals surface area contributed by atoms with Crippen molar-refractivity contribution in [2.75, 3.05) is 0 Å². The highest BCUT2D eigenvalue weighted by Crippen LogP contribution is 2.23. The fourth-order valence-corrected chi connectivity index (χ4v) is 3.33. The van der Waals surface area contributed by atoms with E-state index in [0.29, 0.717) is 11.5 Å². The van der Waals surface area contributed by atoms with Crippen LogP contribution in [0, 0.1) is 13.8 Å². The fraction of sp³-hybridized carbons (Fsp3) is 0.250. The number of pyridine rings is 2. The molecule has 5 nitrogen and oxygen atoms in total. The molecule has 5 heteroatoms. The number of hydrogen-bond acceptors (Lipinski definition) is 1. The van der Waals surface area contributed by atoms with Crippen LogP contribution in [0.3, 0.4) is 0 Å². The third-order valence-corrected chi connectivity index (χ3v) is 4.85. The van der Waals surface area contributed by atoms with Gasteiger partial charge in [0.1, 0.15) is 19.8 Å². The molecule has 0 radical (unpaired) electrons. The number of nitrogens with zero attached hydrogens (tertiary/aromatic N) is 5. The molecule has 4 aromatic rings. The first-order chi connectivity index (χ1) is 13.2. The topological polar surface area (TPSA) is 30.0 Å². The number of hydrogen-bond donors (Lipinski definition) is 0. The molecular weight excluding hydrogens is 310 g/mol. The lowest BCUT2D eigenvalue weighted by molar-refractivity contribution is -0.685. The van der Waals surface area contributed by atoms with Crippen molar-refractivity contribution < 1.29 is 13.2 Å². The Balaban J connectivity index is 1.91. The van der Waals surface area contributed by atoms with E-state index < -0.39 is 6.85 Å². The lowest BCUT2D eigenvalue weighted by atomic mass is 10.2. The highest BCUT2D eigenvalue weighted by Gasteiger charge is 2.24. The summed E-state index contributed by atoms with van der Waals surface area (Å²) in [6.45, 7) is -0.422. The molecule has 0 atom stereocenters. The average molecular weight is 336 g/mol. The Labute approximate surface area is 151 Å². The summed E-state index contributed by atoms with van der Waals surface area (Å²) in [5, 5.41) is 0. The van der Waals surface area contributed by atoms with Crippen molar-refractivity contribution >= 4 is 5.78 Å². The molecule has 0 saturated heterocycles. The van der Waals surface area contributed by atoms with E-state index in [1.54, 1.807) is 6.92 Å². The van der Waals surface area contributed by atoms with Crippen LogP contribution in [0.5, 0.6) is 0 Å². The van der Waals surface area contributed by atoms with E-state index in [9.17, 15) is 0 Å². The van der Waals surface area contributed by atoms with Crippen LogP contribution in [0.25, 0.3) is 28.6 Å². The third kappa shape index (κ3) is 2.27. The van der Waals surface area contributed by atoms with Crippen molar-refractivity contribution in [3.8, 4) is 22.8 Å². The summed E-state index contributed by atoms with van der Waals surface area (Å²) < 4.78 is 31.1. The molecule has 0 aliphatic carbocycles. The molecule has 25 heavy (non-hydrogen) atoms. The molecule has 0 amide bonds. The molecule has 4 heterocycles. The zero-order valence-corrected chi connectivity index (χ0v) is 14.9. The number of fused-ring (bicyclic) bond motifs is 1. The smallest absolute Gasteiger partial charge is 0.277 e. The van der Waals surface area contributed by atoms with Gasteiger partial charge in [-0.1, -0.05) is 0 Å². The first-order valence-electron chi connectivity index (χ1n) is 9.69. The van der Waals surface area contributed by atoms with Crippen molar-refractivity contribution in [2.24, 2.45) is 21.1 Å². The van der Waals surface area contributed by atoms with Crippen molar-refractivity contribution in [3.05, 3.63) is 60.2 Å². The van der Waals surface area contributed by atoms with Crippen LogP contribution in [0.2, 0.25) is 0 Å². The first-order valence-corrected chi connectivity index (χ1v) is 8.19. The average Bonchev–Trinajstić information content (AvgIpc) is 3.13. The standard InChI is InChI=1S/C20H23N5/c1-14-15(2)25-13-19(24(5)20(25)21-14)18-11-8-10-17(23(18)4)16-9-6-7-12-22(16)3/h6-13H,1-5H3/q+2/i1D3. The van der Waals surface area contributed by atoms with Gasteiger partial charge in [-0.25, -0.2) is 4.98 Å². The molecule has 0 aliphatic rings. The third-order valence-electron chi connectivity index (χ3n) is 4.85. The number of imidazole rings is 2. The van der Waals surface area contributed by atoms with Gasteiger partial charge in [0.05, 0.1) is 5.69 Å². The quantitative estimate of drug-likeness (QED) is 0.517. The van der Waals surface area contributed by atoms with Gasteiger partial charge in [0.15, 0.2) is 6.20 Å². The molecule has 0 unspecified atom stereocenters. The lowest BCUT2D eigenvalue weighted by Gasteiger charge is -2.05. The van der Waals surface area contributed by atoms with E-state index >= 15 is 0 Å². The van der Waals surface area contributed by atoms with Gasteiger partial charge < -0.3 is 4.57 Å². The summed E-state index contributed by atoms with van der Waals surface area (Å²) in [4.78, 5) is 4.40. The summed E-state index contributed by atoms with van der Waals surface area (Å²) in [6, 6.07) is 12.3. The van der Waals surface area contributed by atoms with Crippen molar-refractivity contribution in [2.45, 2.75) is 13.8 Å².